The van der Waals surface area contributed by atoms with Gasteiger partial charge in [-0.25, -0.2) is 0 Å². The largest absolute Gasteiger partial charge is 0.394 e. The van der Waals surface area contributed by atoms with Gasteiger partial charge in [-0.1, -0.05) is 0 Å². The van der Waals surface area contributed by atoms with Crippen LogP contribution >= 0.6 is 23.5 Å². The fourth-order valence-corrected chi connectivity index (χ4v) is 3.08. The zero-order valence-electron chi connectivity index (χ0n) is 5.38. The molecule has 10 heavy (non-hydrogen) atoms. The summed E-state index contributed by atoms with van der Waals surface area (Å²) in [5.41, 5.74) is 0. The molecule has 0 spiro atoms. The van der Waals surface area contributed by atoms with E-state index in [4.69, 9.17) is 9.84 Å². The predicted molar refractivity (Wildman–Crippen MR) is 41.7 cm³/mol. The molecule has 0 atom stereocenters. The Balaban J connectivity index is 0.000000810. The van der Waals surface area contributed by atoms with Crippen LogP contribution in [-0.2, 0) is 27.1 Å². The number of rotatable bonds is 3. The van der Waals surface area contributed by atoms with Crippen molar-refractivity contribution in [2.45, 2.75) is 4.77 Å². The van der Waals surface area contributed by atoms with Crippen LogP contribution in [0.5, 0.6) is 0 Å². The van der Waals surface area contributed by atoms with Crippen LogP contribution in [0.15, 0.2) is 0 Å². The Morgan fingerprint density at radius 1 is 1.40 bits per heavy atom. The number of thioether (sulfide) groups is 2. The van der Waals surface area contributed by atoms with Gasteiger partial charge in [0.1, 0.15) is 4.77 Å². The van der Waals surface area contributed by atoms with Crippen molar-refractivity contribution in [2.24, 2.45) is 0 Å². The molecule has 1 fully saturated rings. The third-order valence-electron chi connectivity index (χ3n) is 0.936. The van der Waals surface area contributed by atoms with Gasteiger partial charge in [0.2, 0.25) is 0 Å². The molecular weight excluding hydrogens is 353 g/mol. The predicted octanol–water partition coefficient (Wildman–Crippen LogP) is 0.756. The third-order valence-corrected chi connectivity index (χ3v) is 3.71. The smallest absolute Gasteiger partial charge is 0.149 e. The van der Waals surface area contributed by atoms with Gasteiger partial charge >= 0.3 is 0 Å². The molecule has 0 saturated carbocycles. The van der Waals surface area contributed by atoms with Crippen molar-refractivity contribution in [1.29, 1.82) is 0 Å². The van der Waals surface area contributed by atoms with E-state index < -0.39 is 0 Å². The van der Waals surface area contributed by atoms with Crippen LogP contribution < -0.4 is 0 Å². The second kappa shape index (κ2) is 7.03. The van der Waals surface area contributed by atoms with Gasteiger partial charge in [0.25, 0.3) is 0 Å². The molecule has 0 aromatic rings. The van der Waals surface area contributed by atoms with E-state index in [9.17, 15) is 0 Å². The quantitative estimate of drug-likeness (QED) is 0.750. The minimum atomic E-state index is 0. The fourth-order valence-electron chi connectivity index (χ4n) is 0.582. The fraction of sp³-hybridized carbons (Fsp3) is 1.00. The second-order valence-electron chi connectivity index (χ2n) is 1.62. The van der Waals surface area contributed by atoms with Crippen LogP contribution in [0.3, 0.4) is 0 Å². The normalized spacial score (nSPS) is 18.9. The molecule has 1 aliphatic rings. The summed E-state index contributed by atoms with van der Waals surface area (Å²) in [6.45, 7) is 0.613. The Labute approximate surface area is 85.0 Å². The summed E-state index contributed by atoms with van der Waals surface area (Å²) in [4.78, 5) is 0. The average molecular weight is 363 g/mol. The van der Waals surface area contributed by atoms with Crippen LogP contribution in [0, 0.1) is 0 Å². The summed E-state index contributed by atoms with van der Waals surface area (Å²) in [6, 6.07) is 0. The van der Waals surface area contributed by atoms with E-state index in [2.05, 4.69) is 0 Å². The molecule has 0 amide bonds. The molecule has 5 heteroatoms. The summed E-state index contributed by atoms with van der Waals surface area (Å²) in [5.74, 6) is 2.36. The van der Waals surface area contributed by atoms with Crippen molar-refractivity contribution < 1.29 is 32.2 Å². The van der Waals surface area contributed by atoms with Crippen molar-refractivity contribution in [1.82, 2.24) is 0 Å². The van der Waals surface area contributed by atoms with E-state index in [1.807, 2.05) is 23.5 Å². The van der Waals surface area contributed by atoms with Gasteiger partial charge in [0, 0.05) is 33.9 Å². The summed E-state index contributed by atoms with van der Waals surface area (Å²) in [5, 5.41) is 8.38. The first-order valence-electron chi connectivity index (χ1n) is 2.89. The van der Waals surface area contributed by atoms with E-state index in [0.29, 0.717) is 6.61 Å². The number of aliphatic hydroxyl groups excluding tert-OH is 1. The Bertz CT molecular complexity index is 78.0. The van der Waals surface area contributed by atoms with Crippen LogP contribution in [0.1, 0.15) is 0 Å². The Morgan fingerprint density at radius 3 is 2.50 bits per heavy atom. The molecule has 1 saturated heterocycles. The van der Waals surface area contributed by atoms with E-state index in [0.717, 1.165) is 0 Å². The minimum absolute atomic E-state index is 0. The van der Waals surface area contributed by atoms with Crippen molar-refractivity contribution in [3.05, 3.63) is 0 Å². The SMILES string of the molecule is OCCOC1SCCS1.[Au]. The van der Waals surface area contributed by atoms with Gasteiger partial charge in [-0.15, -0.1) is 23.5 Å². The van der Waals surface area contributed by atoms with Gasteiger partial charge in [0.05, 0.1) is 13.2 Å². The molecule has 1 heterocycles. The zero-order valence-corrected chi connectivity index (χ0v) is 9.18. The first kappa shape index (κ1) is 11.4. The second-order valence-corrected chi connectivity index (χ2v) is 4.26. The van der Waals surface area contributed by atoms with Crippen molar-refractivity contribution in [2.75, 3.05) is 24.7 Å². The van der Waals surface area contributed by atoms with Gasteiger partial charge in [0.15, 0.2) is 0 Å². The van der Waals surface area contributed by atoms with E-state index in [1.165, 1.54) is 11.5 Å². The maximum atomic E-state index is 8.38. The summed E-state index contributed by atoms with van der Waals surface area (Å²) in [6.07, 6.45) is 0. The van der Waals surface area contributed by atoms with Crippen LogP contribution in [0.2, 0.25) is 0 Å². The van der Waals surface area contributed by atoms with E-state index in [-0.39, 0.29) is 33.8 Å². The van der Waals surface area contributed by atoms with Gasteiger partial charge in [-0.2, -0.15) is 0 Å². The van der Waals surface area contributed by atoms with E-state index >= 15 is 0 Å². The van der Waals surface area contributed by atoms with Crippen molar-refractivity contribution >= 4 is 23.5 Å². The van der Waals surface area contributed by atoms with Gasteiger partial charge in [-0.3, -0.25) is 0 Å². The third kappa shape index (κ3) is 4.28. The van der Waals surface area contributed by atoms with Crippen LogP contribution in [-0.4, -0.2) is 34.6 Å². The summed E-state index contributed by atoms with van der Waals surface area (Å²) < 4.78 is 5.52. The Kier molecular flexibility index (Phi) is 7.99. The maximum Gasteiger partial charge on any atom is 0.149 e. The van der Waals surface area contributed by atoms with Crippen LogP contribution in [0.4, 0.5) is 0 Å². The van der Waals surface area contributed by atoms with Gasteiger partial charge in [-0.05, 0) is 0 Å². The zero-order chi connectivity index (χ0) is 6.53. The molecule has 0 aromatic heterocycles. The maximum absolute atomic E-state index is 8.38. The summed E-state index contributed by atoms with van der Waals surface area (Å²) >= 11 is 3.62. The summed E-state index contributed by atoms with van der Waals surface area (Å²) in [7, 11) is 0. The topological polar surface area (TPSA) is 29.5 Å². The van der Waals surface area contributed by atoms with Crippen molar-refractivity contribution in [3.63, 3.8) is 0 Å². The molecule has 1 aliphatic heterocycles. The number of hydrogen-bond donors (Lipinski definition) is 1. The molecule has 65 valence electrons. The Hall–Kier alpha value is 1.36. The standard InChI is InChI=1S/C5H10O2S2.Au/c6-1-2-7-5-8-3-4-9-5;/h5-6H,1-4H2;. The van der Waals surface area contributed by atoms with E-state index in [1.54, 1.807) is 0 Å². The monoisotopic (exact) mass is 363 g/mol. The minimum Gasteiger partial charge on any atom is -0.394 e. The molecule has 0 aliphatic carbocycles. The first-order chi connectivity index (χ1) is 4.43. The van der Waals surface area contributed by atoms with Crippen molar-refractivity contribution in [3.8, 4) is 0 Å². The molecule has 0 unspecified atom stereocenters. The number of hydrogen-bond acceptors (Lipinski definition) is 4. The molecule has 2 nitrogen and oxygen atoms in total. The average Bonchev–Trinajstić information content (AvgIpc) is 2.34. The molecular formula is C5H10AuO2S2. The first-order valence-corrected chi connectivity index (χ1v) is 4.99. The molecule has 1 radical (unpaired) electrons. The molecule has 1 N–H and O–H groups in total. The Morgan fingerprint density at radius 2 is 2.00 bits per heavy atom. The molecule has 1 rings (SSSR count). The molecule has 0 aromatic carbocycles. The molecule has 0 bridgehead atoms. The van der Waals surface area contributed by atoms with Gasteiger partial charge < -0.3 is 9.84 Å². The number of ether oxygens (including phenoxy) is 1. The number of aliphatic hydroxyl groups is 1. The van der Waals surface area contributed by atoms with Crippen LogP contribution in [0.25, 0.3) is 0 Å².